The average Bonchev–Trinajstić information content (AvgIpc) is 2.36. The van der Waals surface area contributed by atoms with Gasteiger partial charge in [0.05, 0.1) is 0 Å². The largest absolute Gasteiger partial charge is 0.373 e. The molecule has 1 aromatic heterocycles. The molecule has 19 heavy (non-hydrogen) atoms. The zero-order valence-electron chi connectivity index (χ0n) is 12.9. The van der Waals surface area contributed by atoms with Crippen molar-refractivity contribution in [2.24, 2.45) is 0 Å². The van der Waals surface area contributed by atoms with E-state index in [0.717, 1.165) is 24.5 Å². The highest BCUT2D eigenvalue weighted by Crippen LogP contribution is 2.23. The topological polar surface area (TPSA) is 45.2 Å². The maximum Gasteiger partial charge on any atom is 0.253 e. The lowest BCUT2D eigenvalue weighted by molar-refractivity contribution is 0.0795. The van der Waals surface area contributed by atoms with Crippen molar-refractivity contribution in [2.75, 3.05) is 26.0 Å². The van der Waals surface area contributed by atoms with Crippen molar-refractivity contribution in [1.82, 2.24) is 9.88 Å². The third-order valence-electron chi connectivity index (χ3n) is 3.00. The fourth-order valence-corrected chi connectivity index (χ4v) is 1.82. The number of rotatable bonds is 4. The van der Waals surface area contributed by atoms with Crippen LogP contribution in [-0.4, -0.2) is 36.4 Å². The van der Waals surface area contributed by atoms with Crippen LogP contribution in [0.5, 0.6) is 0 Å². The van der Waals surface area contributed by atoms with Crippen molar-refractivity contribution in [3.63, 3.8) is 0 Å². The SMILES string of the molecule is CCCN(C)C(=O)c1cc(NC)nc(C(C)(C)C)c1. The summed E-state index contributed by atoms with van der Waals surface area (Å²) in [7, 11) is 3.65. The second-order valence-corrected chi connectivity index (χ2v) is 5.85. The van der Waals surface area contributed by atoms with E-state index in [0.29, 0.717) is 5.56 Å². The molecule has 4 heteroatoms. The Morgan fingerprint density at radius 1 is 1.37 bits per heavy atom. The highest BCUT2D eigenvalue weighted by atomic mass is 16.2. The molecule has 0 aliphatic carbocycles. The smallest absolute Gasteiger partial charge is 0.253 e. The molecule has 0 aliphatic heterocycles. The molecule has 0 atom stereocenters. The second-order valence-electron chi connectivity index (χ2n) is 5.85. The summed E-state index contributed by atoms with van der Waals surface area (Å²) >= 11 is 0. The van der Waals surface area contributed by atoms with Gasteiger partial charge < -0.3 is 10.2 Å². The predicted octanol–water partition coefficient (Wildman–Crippen LogP) is 2.90. The molecular formula is C15H25N3O. The molecule has 1 heterocycles. The van der Waals surface area contributed by atoms with E-state index < -0.39 is 0 Å². The van der Waals surface area contributed by atoms with Crippen LogP contribution in [0, 0.1) is 0 Å². The second kappa shape index (κ2) is 6.04. The number of carbonyl (C=O) groups is 1. The summed E-state index contributed by atoms with van der Waals surface area (Å²) in [5, 5.41) is 3.02. The third kappa shape index (κ3) is 3.94. The number of nitrogens with zero attached hydrogens (tertiary/aromatic N) is 2. The normalized spacial score (nSPS) is 11.3. The van der Waals surface area contributed by atoms with E-state index >= 15 is 0 Å². The van der Waals surface area contributed by atoms with Crippen molar-refractivity contribution in [1.29, 1.82) is 0 Å². The first-order valence-corrected chi connectivity index (χ1v) is 6.75. The molecule has 0 unspecified atom stereocenters. The van der Waals surface area contributed by atoms with E-state index in [1.54, 1.807) is 4.90 Å². The molecule has 1 N–H and O–H groups in total. The summed E-state index contributed by atoms with van der Waals surface area (Å²) in [6.07, 6.45) is 0.957. The fourth-order valence-electron chi connectivity index (χ4n) is 1.82. The number of hydrogen-bond donors (Lipinski definition) is 1. The molecule has 0 aliphatic rings. The van der Waals surface area contributed by atoms with Gasteiger partial charge in [0.15, 0.2) is 0 Å². The van der Waals surface area contributed by atoms with E-state index in [-0.39, 0.29) is 11.3 Å². The van der Waals surface area contributed by atoms with Crippen LogP contribution in [0.2, 0.25) is 0 Å². The van der Waals surface area contributed by atoms with Crippen LogP contribution >= 0.6 is 0 Å². The summed E-state index contributed by atoms with van der Waals surface area (Å²) in [6.45, 7) is 9.12. The molecular weight excluding hydrogens is 238 g/mol. The minimum atomic E-state index is -0.0782. The molecule has 0 bridgehead atoms. The van der Waals surface area contributed by atoms with Gasteiger partial charge in [0.1, 0.15) is 5.82 Å². The lowest BCUT2D eigenvalue weighted by Gasteiger charge is -2.21. The van der Waals surface area contributed by atoms with Gasteiger partial charge in [0, 0.05) is 37.3 Å². The van der Waals surface area contributed by atoms with E-state index in [4.69, 9.17) is 0 Å². The minimum absolute atomic E-state index is 0.0475. The average molecular weight is 263 g/mol. The number of hydrogen-bond acceptors (Lipinski definition) is 3. The molecule has 0 radical (unpaired) electrons. The maximum absolute atomic E-state index is 12.4. The zero-order valence-corrected chi connectivity index (χ0v) is 12.9. The monoisotopic (exact) mass is 263 g/mol. The van der Waals surface area contributed by atoms with E-state index in [2.05, 4.69) is 38.0 Å². The van der Waals surface area contributed by atoms with Crippen molar-refractivity contribution in [3.05, 3.63) is 23.4 Å². The Morgan fingerprint density at radius 3 is 2.47 bits per heavy atom. The van der Waals surface area contributed by atoms with E-state index in [1.165, 1.54) is 0 Å². The molecule has 1 rings (SSSR count). The van der Waals surface area contributed by atoms with Gasteiger partial charge in [-0.05, 0) is 18.6 Å². The van der Waals surface area contributed by atoms with Crippen LogP contribution in [0.4, 0.5) is 5.82 Å². The summed E-state index contributed by atoms with van der Waals surface area (Å²) in [6, 6.07) is 3.71. The number of amides is 1. The predicted molar refractivity (Wildman–Crippen MR) is 79.7 cm³/mol. The van der Waals surface area contributed by atoms with Crippen LogP contribution in [0.3, 0.4) is 0 Å². The van der Waals surface area contributed by atoms with Crippen molar-refractivity contribution in [2.45, 2.75) is 39.5 Å². The lowest BCUT2D eigenvalue weighted by Crippen LogP contribution is -2.28. The van der Waals surface area contributed by atoms with Gasteiger partial charge in [-0.1, -0.05) is 27.7 Å². The van der Waals surface area contributed by atoms with Gasteiger partial charge in [0.25, 0.3) is 5.91 Å². The Labute approximate surface area is 116 Å². The van der Waals surface area contributed by atoms with Crippen LogP contribution in [-0.2, 0) is 5.41 Å². The third-order valence-corrected chi connectivity index (χ3v) is 3.00. The maximum atomic E-state index is 12.4. The molecule has 0 saturated heterocycles. The first-order valence-electron chi connectivity index (χ1n) is 6.75. The van der Waals surface area contributed by atoms with Crippen LogP contribution in [0.15, 0.2) is 12.1 Å². The molecule has 1 amide bonds. The van der Waals surface area contributed by atoms with Crippen LogP contribution in [0.1, 0.15) is 50.2 Å². The lowest BCUT2D eigenvalue weighted by atomic mass is 9.90. The Kier molecular flexibility index (Phi) is 4.92. The first-order chi connectivity index (χ1) is 8.79. The quantitative estimate of drug-likeness (QED) is 0.908. The number of pyridine rings is 1. The fraction of sp³-hybridized carbons (Fsp3) is 0.600. The summed E-state index contributed by atoms with van der Waals surface area (Å²) < 4.78 is 0. The van der Waals surface area contributed by atoms with Crippen molar-refractivity contribution < 1.29 is 4.79 Å². The highest BCUT2D eigenvalue weighted by Gasteiger charge is 2.20. The Hall–Kier alpha value is -1.58. The number of aromatic nitrogens is 1. The molecule has 0 saturated carbocycles. The Morgan fingerprint density at radius 2 is 2.00 bits per heavy atom. The van der Waals surface area contributed by atoms with Gasteiger partial charge in [-0.2, -0.15) is 0 Å². The Bertz CT molecular complexity index is 449. The minimum Gasteiger partial charge on any atom is -0.373 e. The van der Waals surface area contributed by atoms with Gasteiger partial charge >= 0.3 is 0 Å². The van der Waals surface area contributed by atoms with Gasteiger partial charge in [-0.25, -0.2) is 4.98 Å². The van der Waals surface area contributed by atoms with Crippen molar-refractivity contribution in [3.8, 4) is 0 Å². The first kappa shape index (κ1) is 15.5. The standard InChI is InChI=1S/C15H25N3O/c1-7-8-18(6)14(19)11-9-12(15(2,3)4)17-13(10-11)16-5/h9-10H,7-8H2,1-6H3,(H,16,17). The molecule has 106 valence electrons. The van der Waals surface area contributed by atoms with E-state index in [1.807, 2.05) is 26.2 Å². The van der Waals surface area contributed by atoms with Crippen LogP contribution in [0.25, 0.3) is 0 Å². The molecule has 4 nitrogen and oxygen atoms in total. The molecule has 0 aromatic carbocycles. The summed E-state index contributed by atoms with van der Waals surface area (Å²) in [5.74, 6) is 0.784. The number of carbonyl (C=O) groups excluding carboxylic acids is 1. The van der Waals surface area contributed by atoms with Gasteiger partial charge in [-0.3, -0.25) is 4.79 Å². The van der Waals surface area contributed by atoms with Crippen LogP contribution < -0.4 is 5.32 Å². The van der Waals surface area contributed by atoms with Crippen molar-refractivity contribution >= 4 is 11.7 Å². The zero-order chi connectivity index (χ0) is 14.6. The molecule has 0 fully saturated rings. The summed E-state index contributed by atoms with van der Waals surface area (Å²) in [4.78, 5) is 18.6. The van der Waals surface area contributed by atoms with Gasteiger partial charge in [0.2, 0.25) is 0 Å². The number of nitrogens with one attached hydrogen (secondary N) is 1. The summed E-state index contributed by atoms with van der Waals surface area (Å²) in [5.41, 5.74) is 1.54. The number of anilines is 1. The molecule has 0 spiro atoms. The Balaban J connectivity index is 3.17. The highest BCUT2D eigenvalue weighted by molar-refractivity contribution is 5.94. The van der Waals surface area contributed by atoms with Gasteiger partial charge in [-0.15, -0.1) is 0 Å². The van der Waals surface area contributed by atoms with E-state index in [9.17, 15) is 4.79 Å². The molecule has 1 aromatic rings.